The average molecular weight is 253 g/mol. The zero-order chi connectivity index (χ0) is 12.4. The molecule has 92 valence electrons. The first kappa shape index (κ1) is 12.2. The van der Waals surface area contributed by atoms with Crippen molar-refractivity contribution in [1.29, 1.82) is 0 Å². The Morgan fingerprint density at radius 3 is 3.06 bits per heavy atom. The van der Waals surface area contributed by atoms with Crippen LogP contribution in [-0.4, -0.2) is 11.9 Å². The fraction of sp³-hybridized carbons (Fsp3) is 0.462. The summed E-state index contributed by atoms with van der Waals surface area (Å²) in [6.45, 7) is 2.16. The van der Waals surface area contributed by atoms with Crippen molar-refractivity contribution in [3.63, 3.8) is 0 Å². The van der Waals surface area contributed by atoms with Crippen LogP contribution in [0.25, 0.3) is 0 Å². The number of carbonyl (C=O) groups is 1. The second kappa shape index (κ2) is 4.96. The Balaban J connectivity index is 1.99. The van der Waals surface area contributed by atoms with Crippen molar-refractivity contribution < 1.29 is 4.79 Å². The van der Waals surface area contributed by atoms with Crippen molar-refractivity contribution in [3.05, 3.63) is 28.8 Å². The first-order valence-corrected chi connectivity index (χ1v) is 6.36. The number of para-hydroxylation sites is 1. The van der Waals surface area contributed by atoms with Crippen LogP contribution >= 0.6 is 11.6 Å². The Labute approximate surface area is 106 Å². The summed E-state index contributed by atoms with van der Waals surface area (Å²) in [5, 5.41) is 3.42. The number of carbonyl (C=O) groups excluding carboxylic acids is 1. The van der Waals surface area contributed by atoms with E-state index in [2.05, 4.69) is 12.2 Å². The predicted octanol–water partition coefficient (Wildman–Crippen LogP) is 2.84. The third-order valence-electron chi connectivity index (χ3n) is 3.20. The van der Waals surface area contributed by atoms with Crippen LogP contribution in [0.4, 0.5) is 5.69 Å². The van der Waals surface area contributed by atoms with E-state index < -0.39 is 0 Å². The highest BCUT2D eigenvalue weighted by Crippen LogP contribution is 2.35. The lowest BCUT2D eigenvalue weighted by atomic mass is 10.1. The molecule has 0 spiro atoms. The zero-order valence-corrected chi connectivity index (χ0v) is 10.6. The number of nitrogens with one attached hydrogen (secondary N) is 1. The number of benzene rings is 1. The van der Waals surface area contributed by atoms with Crippen LogP contribution in [0.2, 0.25) is 5.02 Å². The molecule has 0 saturated heterocycles. The molecule has 2 unspecified atom stereocenters. The molecule has 1 aromatic carbocycles. The first-order chi connectivity index (χ1) is 8.13. The first-order valence-electron chi connectivity index (χ1n) is 5.98. The predicted molar refractivity (Wildman–Crippen MR) is 70.1 cm³/mol. The zero-order valence-electron chi connectivity index (χ0n) is 9.87. The number of halogens is 1. The molecule has 3 N–H and O–H groups in total. The van der Waals surface area contributed by atoms with Gasteiger partial charge in [-0.2, -0.15) is 0 Å². The monoisotopic (exact) mass is 252 g/mol. The largest absolute Gasteiger partial charge is 0.397 e. The van der Waals surface area contributed by atoms with Gasteiger partial charge in [0.05, 0.1) is 16.3 Å². The van der Waals surface area contributed by atoms with Crippen LogP contribution in [0.3, 0.4) is 0 Å². The van der Waals surface area contributed by atoms with Crippen LogP contribution in [0.15, 0.2) is 18.2 Å². The maximum absolute atomic E-state index is 12.0. The molecule has 0 heterocycles. The number of rotatable bonds is 4. The summed E-state index contributed by atoms with van der Waals surface area (Å²) in [5.74, 6) is 0.526. The lowest BCUT2D eigenvalue weighted by molar-refractivity contribution is 0.0949. The van der Waals surface area contributed by atoms with E-state index in [1.165, 1.54) is 6.42 Å². The SMILES string of the molecule is CCCC1CC1NC(=O)c1cccc(Cl)c1N. The molecule has 17 heavy (non-hydrogen) atoms. The van der Waals surface area contributed by atoms with E-state index in [4.69, 9.17) is 17.3 Å². The number of anilines is 1. The molecular formula is C13H17ClN2O. The molecule has 3 nitrogen and oxygen atoms in total. The molecule has 1 fully saturated rings. The molecule has 1 aliphatic carbocycles. The second-order valence-electron chi connectivity index (χ2n) is 4.57. The summed E-state index contributed by atoms with van der Waals surface area (Å²) < 4.78 is 0. The quantitative estimate of drug-likeness (QED) is 0.810. The van der Waals surface area contributed by atoms with Crippen molar-refractivity contribution in [2.75, 3.05) is 5.73 Å². The lowest BCUT2D eigenvalue weighted by Gasteiger charge is -2.08. The molecule has 1 saturated carbocycles. The van der Waals surface area contributed by atoms with Crippen molar-refractivity contribution in [2.45, 2.75) is 32.2 Å². The van der Waals surface area contributed by atoms with Crippen molar-refractivity contribution in [3.8, 4) is 0 Å². The van der Waals surface area contributed by atoms with Crippen molar-refractivity contribution in [1.82, 2.24) is 5.32 Å². The third-order valence-corrected chi connectivity index (χ3v) is 3.53. The molecule has 0 radical (unpaired) electrons. The van der Waals surface area contributed by atoms with Crippen LogP contribution in [-0.2, 0) is 0 Å². The molecule has 2 atom stereocenters. The summed E-state index contributed by atoms with van der Waals surface area (Å²) in [6, 6.07) is 5.45. The van der Waals surface area contributed by atoms with E-state index in [0.29, 0.717) is 28.2 Å². The summed E-state index contributed by atoms with van der Waals surface area (Å²) in [7, 11) is 0. The standard InChI is InChI=1S/C13H17ClN2O/c1-2-4-8-7-11(8)16-13(17)9-5-3-6-10(14)12(9)15/h3,5-6,8,11H,2,4,7,15H2,1H3,(H,16,17). The van der Waals surface area contributed by atoms with E-state index in [9.17, 15) is 4.79 Å². The summed E-state index contributed by atoms with van der Waals surface area (Å²) in [4.78, 5) is 12.0. The van der Waals surface area contributed by atoms with Gasteiger partial charge in [0.2, 0.25) is 0 Å². The smallest absolute Gasteiger partial charge is 0.253 e. The van der Waals surface area contributed by atoms with Gasteiger partial charge in [-0.05, 0) is 30.9 Å². The summed E-state index contributed by atoms with van der Waals surface area (Å²) >= 11 is 5.88. The highest BCUT2D eigenvalue weighted by Gasteiger charge is 2.37. The minimum atomic E-state index is -0.117. The molecule has 1 amide bonds. The number of nitrogen functional groups attached to an aromatic ring is 1. The van der Waals surface area contributed by atoms with E-state index in [-0.39, 0.29) is 5.91 Å². The normalized spacial score (nSPS) is 22.2. The summed E-state index contributed by atoms with van der Waals surface area (Å²) in [5.41, 5.74) is 6.61. The van der Waals surface area contributed by atoms with E-state index in [1.54, 1.807) is 18.2 Å². The van der Waals surface area contributed by atoms with Gasteiger partial charge in [-0.15, -0.1) is 0 Å². The maximum Gasteiger partial charge on any atom is 0.253 e. The fourth-order valence-electron chi connectivity index (χ4n) is 2.10. The lowest BCUT2D eigenvalue weighted by Crippen LogP contribution is -2.27. The van der Waals surface area contributed by atoms with Gasteiger partial charge in [0, 0.05) is 6.04 Å². The van der Waals surface area contributed by atoms with Gasteiger partial charge in [-0.25, -0.2) is 0 Å². The highest BCUT2D eigenvalue weighted by atomic mass is 35.5. The topological polar surface area (TPSA) is 55.1 Å². The Morgan fingerprint density at radius 2 is 2.35 bits per heavy atom. The van der Waals surface area contributed by atoms with Crippen molar-refractivity contribution >= 4 is 23.2 Å². The summed E-state index contributed by atoms with van der Waals surface area (Å²) in [6.07, 6.45) is 3.42. The number of hydrogen-bond donors (Lipinski definition) is 2. The molecule has 1 aliphatic rings. The fourth-order valence-corrected chi connectivity index (χ4v) is 2.27. The van der Waals surface area contributed by atoms with Crippen LogP contribution in [0, 0.1) is 5.92 Å². The van der Waals surface area contributed by atoms with E-state index in [0.717, 1.165) is 12.8 Å². The highest BCUT2D eigenvalue weighted by molar-refractivity contribution is 6.33. The molecular weight excluding hydrogens is 236 g/mol. The number of amides is 1. The Hall–Kier alpha value is -1.22. The molecule has 0 aromatic heterocycles. The average Bonchev–Trinajstić information content (AvgIpc) is 3.01. The molecule has 2 rings (SSSR count). The number of nitrogens with two attached hydrogens (primary N) is 1. The van der Waals surface area contributed by atoms with Crippen molar-refractivity contribution in [2.24, 2.45) is 5.92 Å². The molecule has 4 heteroatoms. The Bertz CT molecular complexity index is 433. The van der Waals surface area contributed by atoms with Gasteiger partial charge in [0.15, 0.2) is 0 Å². The Morgan fingerprint density at radius 1 is 1.59 bits per heavy atom. The Kier molecular flexibility index (Phi) is 3.57. The number of hydrogen-bond acceptors (Lipinski definition) is 2. The van der Waals surface area contributed by atoms with E-state index in [1.807, 2.05) is 0 Å². The van der Waals surface area contributed by atoms with Gasteiger partial charge in [0.25, 0.3) is 5.91 Å². The molecule has 1 aromatic rings. The minimum absolute atomic E-state index is 0.117. The van der Waals surface area contributed by atoms with Gasteiger partial charge >= 0.3 is 0 Å². The van der Waals surface area contributed by atoms with Gasteiger partial charge in [0.1, 0.15) is 0 Å². The van der Waals surface area contributed by atoms with Crippen LogP contribution in [0.1, 0.15) is 36.5 Å². The minimum Gasteiger partial charge on any atom is -0.397 e. The van der Waals surface area contributed by atoms with Gasteiger partial charge in [-0.3, -0.25) is 4.79 Å². The molecule has 0 aliphatic heterocycles. The van der Waals surface area contributed by atoms with Gasteiger partial charge < -0.3 is 11.1 Å². The second-order valence-corrected chi connectivity index (χ2v) is 4.97. The van der Waals surface area contributed by atoms with Gasteiger partial charge in [-0.1, -0.05) is 31.0 Å². The van der Waals surface area contributed by atoms with Crippen LogP contribution in [0.5, 0.6) is 0 Å². The van der Waals surface area contributed by atoms with Crippen LogP contribution < -0.4 is 11.1 Å². The maximum atomic E-state index is 12.0. The third kappa shape index (κ3) is 2.72. The molecule has 0 bridgehead atoms. The van der Waals surface area contributed by atoms with E-state index >= 15 is 0 Å².